The molecule has 0 aromatic carbocycles. The molecule has 0 fully saturated rings. The summed E-state index contributed by atoms with van der Waals surface area (Å²) in [6.07, 6.45) is 4.18. The summed E-state index contributed by atoms with van der Waals surface area (Å²) in [6.45, 7) is 4.30. The van der Waals surface area contributed by atoms with E-state index >= 15 is 0 Å². The quantitative estimate of drug-likeness (QED) is 0.872. The number of rotatable bonds is 4. The molecule has 14 heavy (non-hydrogen) atoms. The Balaban J connectivity index is 2.54. The fourth-order valence-corrected chi connectivity index (χ4v) is 1.29. The number of anilines is 1. The van der Waals surface area contributed by atoms with Gasteiger partial charge in [-0.2, -0.15) is 0 Å². The van der Waals surface area contributed by atoms with Gasteiger partial charge in [0.1, 0.15) is 0 Å². The number of halogens is 1. The monoisotopic (exact) mass is 258 g/mol. The third kappa shape index (κ3) is 3.64. The van der Waals surface area contributed by atoms with E-state index in [1.807, 2.05) is 19.9 Å². The smallest absolute Gasteiger partial charge is 0.0788 e. The fraction of sp³-hybridized carbons (Fsp3) is 0.500. The molecular formula is C10H15BrN2O. The first-order valence-corrected chi connectivity index (χ1v) is 5.39. The average molecular weight is 259 g/mol. The van der Waals surface area contributed by atoms with Crippen LogP contribution in [0.3, 0.4) is 0 Å². The van der Waals surface area contributed by atoms with Crippen molar-refractivity contribution in [2.24, 2.45) is 0 Å². The molecule has 0 bridgehead atoms. The molecule has 2 N–H and O–H groups in total. The van der Waals surface area contributed by atoms with Crippen LogP contribution in [-0.2, 0) is 0 Å². The molecule has 0 aliphatic carbocycles. The van der Waals surface area contributed by atoms with Crippen LogP contribution >= 0.6 is 15.9 Å². The van der Waals surface area contributed by atoms with Gasteiger partial charge >= 0.3 is 0 Å². The molecule has 1 atom stereocenters. The summed E-state index contributed by atoms with van der Waals surface area (Å²) in [5.74, 6) is 0. The molecule has 0 radical (unpaired) electrons. The SMILES string of the molecule is CCC(C)(O)CNc1cncc(Br)c1. The Morgan fingerprint density at radius 1 is 1.57 bits per heavy atom. The predicted molar refractivity (Wildman–Crippen MR) is 61.3 cm³/mol. The van der Waals surface area contributed by atoms with Crippen molar-refractivity contribution < 1.29 is 5.11 Å². The Morgan fingerprint density at radius 3 is 2.86 bits per heavy atom. The first kappa shape index (κ1) is 11.5. The molecule has 1 aromatic heterocycles. The van der Waals surface area contributed by atoms with E-state index in [-0.39, 0.29) is 0 Å². The second-order valence-corrected chi connectivity index (χ2v) is 4.51. The van der Waals surface area contributed by atoms with Gasteiger partial charge in [-0.3, -0.25) is 4.98 Å². The molecule has 1 unspecified atom stereocenters. The molecule has 78 valence electrons. The van der Waals surface area contributed by atoms with E-state index in [2.05, 4.69) is 26.2 Å². The molecule has 1 aromatic rings. The van der Waals surface area contributed by atoms with Crippen LogP contribution in [-0.4, -0.2) is 22.2 Å². The van der Waals surface area contributed by atoms with Gasteiger partial charge in [-0.15, -0.1) is 0 Å². The van der Waals surface area contributed by atoms with Crippen molar-refractivity contribution in [1.82, 2.24) is 4.98 Å². The van der Waals surface area contributed by atoms with Gasteiger partial charge in [-0.25, -0.2) is 0 Å². The molecule has 0 saturated carbocycles. The van der Waals surface area contributed by atoms with E-state index < -0.39 is 5.60 Å². The highest BCUT2D eigenvalue weighted by molar-refractivity contribution is 9.10. The lowest BCUT2D eigenvalue weighted by Gasteiger charge is -2.22. The lowest BCUT2D eigenvalue weighted by Crippen LogP contribution is -2.32. The minimum Gasteiger partial charge on any atom is -0.388 e. The highest BCUT2D eigenvalue weighted by atomic mass is 79.9. The van der Waals surface area contributed by atoms with Crippen molar-refractivity contribution in [3.8, 4) is 0 Å². The van der Waals surface area contributed by atoms with Crippen molar-refractivity contribution in [2.45, 2.75) is 25.9 Å². The summed E-state index contributed by atoms with van der Waals surface area (Å²) in [5.41, 5.74) is 0.246. The second-order valence-electron chi connectivity index (χ2n) is 3.60. The van der Waals surface area contributed by atoms with Crippen LogP contribution in [0.2, 0.25) is 0 Å². The van der Waals surface area contributed by atoms with Crippen molar-refractivity contribution in [1.29, 1.82) is 0 Å². The summed E-state index contributed by atoms with van der Waals surface area (Å²) in [6, 6.07) is 1.93. The topological polar surface area (TPSA) is 45.1 Å². The molecule has 0 aliphatic heterocycles. The van der Waals surface area contributed by atoms with Crippen LogP contribution in [0.4, 0.5) is 5.69 Å². The summed E-state index contributed by atoms with van der Waals surface area (Å²) in [4.78, 5) is 4.02. The Morgan fingerprint density at radius 2 is 2.29 bits per heavy atom. The lowest BCUT2D eigenvalue weighted by molar-refractivity contribution is 0.0697. The van der Waals surface area contributed by atoms with Gasteiger partial charge in [0.05, 0.1) is 17.5 Å². The molecule has 3 nitrogen and oxygen atoms in total. The number of aliphatic hydroxyl groups is 1. The zero-order chi connectivity index (χ0) is 10.6. The van der Waals surface area contributed by atoms with E-state index in [1.165, 1.54) is 0 Å². The molecule has 1 heterocycles. The Kier molecular flexibility index (Phi) is 3.89. The summed E-state index contributed by atoms with van der Waals surface area (Å²) in [7, 11) is 0. The maximum absolute atomic E-state index is 9.76. The van der Waals surface area contributed by atoms with Crippen LogP contribution in [0, 0.1) is 0 Å². The summed E-state index contributed by atoms with van der Waals surface area (Å²) >= 11 is 3.33. The van der Waals surface area contributed by atoms with Crippen LogP contribution < -0.4 is 5.32 Å². The molecule has 0 saturated heterocycles. The van der Waals surface area contributed by atoms with Gasteiger partial charge in [0.2, 0.25) is 0 Å². The number of pyridine rings is 1. The van der Waals surface area contributed by atoms with Gasteiger partial charge in [0.25, 0.3) is 0 Å². The third-order valence-electron chi connectivity index (χ3n) is 2.14. The van der Waals surface area contributed by atoms with E-state index in [1.54, 1.807) is 12.4 Å². The van der Waals surface area contributed by atoms with Crippen molar-refractivity contribution in [3.63, 3.8) is 0 Å². The fourth-order valence-electron chi connectivity index (χ4n) is 0.926. The Labute approximate surface area is 92.7 Å². The average Bonchev–Trinajstić information content (AvgIpc) is 2.15. The molecule has 0 aliphatic rings. The number of hydrogen-bond acceptors (Lipinski definition) is 3. The van der Waals surface area contributed by atoms with Crippen LogP contribution in [0.15, 0.2) is 22.9 Å². The number of hydrogen-bond donors (Lipinski definition) is 2. The molecule has 1 rings (SSSR count). The Bertz CT molecular complexity index is 302. The third-order valence-corrected chi connectivity index (χ3v) is 2.57. The number of nitrogens with one attached hydrogen (secondary N) is 1. The van der Waals surface area contributed by atoms with Crippen LogP contribution in [0.25, 0.3) is 0 Å². The normalized spacial score (nSPS) is 14.9. The predicted octanol–water partition coefficient (Wildman–Crippen LogP) is 2.42. The highest BCUT2D eigenvalue weighted by Crippen LogP contribution is 2.15. The standard InChI is InChI=1S/C10H15BrN2O/c1-3-10(2,14)7-13-9-4-8(11)5-12-6-9/h4-6,13-14H,3,7H2,1-2H3. The van der Waals surface area contributed by atoms with E-state index in [0.29, 0.717) is 6.54 Å². The molecular weight excluding hydrogens is 244 g/mol. The number of aromatic nitrogens is 1. The minimum absolute atomic E-state index is 0.529. The van der Waals surface area contributed by atoms with Gasteiger partial charge in [-0.05, 0) is 35.3 Å². The zero-order valence-corrected chi connectivity index (χ0v) is 10.0. The maximum Gasteiger partial charge on any atom is 0.0788 e. The minimum atomic E-state index is -0.664. The largest absolute Gasteiger partial charge is 0.388 e. The Hall–Kier alpha value is -0.610. The van der Waals surface area contributed by atoms with E-state index in [0.717, 1.165) is 16.6 Å². The lowest BCUT2D eigenvalue weighted by atomic mass is 10.0. The van der Waals surface area contributed by atoms with E-state index in [9.17, 15) is 5.11 Å². The molecule has 0 spiro atoms. The van der Waals surface area contributed by atoms with Crippen LogP contribution in [0.5, 0.6) is 0 Å². The van der Waals surface area contributed by atoms with Gasteiger partial charge in [-0.1, -0.05) is 6.92 Å². The molecule has 0 amide bonds. The number of nitrogens with zero attached hydrogens (tertiary/aromatic N) is 1. The van der Waals surface area contributed by atoms with Crippen LogP contribution in [0.1, 0.15) is 20.3 Å². The van der Waals surface area contributed by atoms with Gasteiger partial charge < -0.3 is 10.4 Å². The second kappa shape index (κ2) is 4.75. The van der Waals surface area contributed by atoms with Crippen molar-refractivity contribution in [3.05, 3.63) is 22.9 Å². The van der Waals surface area contributed by atoms with Crippen molar-refractivity contribution >= 4 is 21.6 Å². The van der Waals surface area contributed by atoms with Gasteiger partial charge in [0, 0.05) is 17.2 Å². The highest BCUT2D eigenvalue weighted by Gasteiger charge is 2.16. The first-order chi connectivity index (χ1) is 6.53. The van der Waals surface area contributed by atoms with Gasteiger partial charge in [0.15, 0.2) is 0 Å². The maximum atomic E-state index is 9.76. The van der Waals surface area contributed by atoms with Crippen molar-refractivity contribution in [2.75, 3.05) is 11.9 Å². The first-order valence-electron chi connectivity index (χ1n) is 4.60. The zero-order valence-electron chi connectivity index (χ0n) is 8.42. The molecule has 4 heteroatoms. The summed E-state index contributed by atoms with van der Waals surface area (Å²) < 4.78 is 0.929. The van der Waals surface area contributed by atoms with E-state index in [4.69, 9.17) is 0 Å². The summed E-state index contributed by atoms with van der Waals surface area (Å²) in [5, 5.41) is 12.9.